The lowest BCUT2D eigenvalue weighted by molar-refractivity contribution is -0.146. The fourth-order valence-electron chi connectivity index (χ4n) is 1.91. The van der Waals surface area contributed by atoms with Crippen molar-refractivity contribution in [3.63, 3.8) is 0 Å². The standard InChI is InChI=1S/C15H17N3O5S/c1-4-22-13(20)10(14(21)23-5-2)8-16-11-9(3)17-15-18(12(11)19)6-7-24-15/h6-8,16H,4-5H2,1-3H3. The summed E-state index contributed by atoms with van der Waals surface area (Å²) in [5.74, 6) is -1.66. The summed E-state index contributed by atoms with van der Waals surface area (Å²) in [4.78, 5) is 41.1. The Labute approximate surface area is 141 Å². The van der Waals surface area contributed by atoms with Gasteiger partial charge in [-0.2, -0.15) is 0 Å². The van der Waals surface area contributed by atoms with Gasteiger partial charge in [-0.25, -0.2) is 14.6 Å². The van der Waals surface area contributed by atoms with Crippen molar-refractivity contribution in [3.8, 4) is 0 Å². The van der Waals surface area contributed by atoms with E-state index in [-0.39, 0.29) is 30.0 Å². The maximum atomic E-state index is 12.4. The third-order valence-corrected chi connectivity index (χ3v) is 3.76. The van der Waals surface area contributed by atoms with Gasteiger partial charge < -0.3 is 14.8 Å². The van der Waals surface area contributed by atoms with E-state index >= 15 is 0 Å². The normalized spacial score (nSPS) is 10.3. The second kappa shape index (κ2) is 7.73. The Balaban J connectivity index is 2.39. The molecule has 2 aromatic heterocycles. The Bertz CT molecular complexity index is 832. The molecule has 0 radical (unpaired) electrons. The fraction of sp³-hybridized carbons (Fsp3) is 0.333. The number of nitrogens with one attached hydrogen (secondary N) is 1. The molecular formula is C15H17N3O5S. The van der Waals surface area contributed by atoms with Gasteiger partial charge >= 0.3 is 11.9 Å². The molecule has 0 aromatic carbocycles. The molecule has 2 heterocycles. The van der Waals surface area contributed by atoms with Gasteiger partial charge in [0.25, 0.3) is 5.56 Å². The SMILES string of the molecule is CCOC(=O)C(=CNc1c(C)nc2sccn2c1=O)C(=O)OCC. The van der Waals surface area contributed by atoms with E-state index in [4.69, 9.17) is 9.47 Å². The second-order valence-corrected chi connectivity index (χ2v) is 5.45. The molecule has 24 heavy (non-hydrogen) atoms. The number of hydrogen-bond donors (Lipinski definition) is 1. The molecule has 0 bridgehead atoms. The first-order valence-electron chi connectivity index (χ1n) is 7.27. The molecule has 128 valence electrons. The number of thiazole rings is 1. The number of carbonyl (C=O) groups is 2. The van der Waals surface area contributed by atoms with Crippen LogP contribution in [0.5, 0.6) is 0 Å². The van der Waals surface area contributed by atoms with Crippen molar-refractivity contribution in [2.45, 2.75) is 20.8 Å². The highest BCUT2D eigenvalue weighted by Gasteiger charge is 2.21. The molecule has 2 aromatic rings. The topological polar surface area (TPSA) is 99.0 Å². The van der Waals surface area contributed by atoms with Crippen molar-refractivity contribution in [2.24, 2.45) is 0 Å². The van der Waals surface area contributed by atoms with Gasteiger partial charge in [-0.3, -0.25) is 9.20 Å². The summed E-state index contributed by atoms with van der Waals surface area (Å²) in [6.07, 6.45) is 2.71. The van der Waals surface area contributed by atoms with Crippen LogP contribution in [0.25, 0.3) is 4.96 Å². The number of carbonyl (C=O) groups excluding carboxylic acids is 2. The van der Waals surface area contributed by atoms with E-state index in [0.717, 1.165) is 6.20 Å². The van der Waals surface area contributed by atoms with Crippen molar-refractivity contribution in [3.05, 3.63) is 39.4 Å². The van der Waals surface area contributed by atoms with E-state index in [2.05, 4.69) is 10.3 Å². The zero-order valence-corrected chi connectivity index (χ0v) is 14.3. The predicted octanol–water partition coefficient (Wildman–Crippen LogP) is 1.49. The maximum absolute atomic E-state index is 12.4. The monoisotopic (exact) mass is 351 g/mol. The Morgan fingerprint density at radius 2 is 1.92 bits per heavy atom. The molecule has 2 rings (SSSR count). The molecule has 0 atom stereocenters. The van der Waals surface area contributed by atoms with Gasteiger partial charge in [-0.15, -0.1) is 11.3 Å². The number of anilines is 1. The molecule has 0 saturated heterocycles. The molecule has 0 aliphatic heterocycles. The smallest absolute Gasteiger partial charge is 0.347 e. The van der Waals surface area contributed by atoms with E-state index in [1.807, 2.05) is 0 Å². The molecule has 0 aliphatic rings. The first-order valence-corrected chi connectivity index (χ1v) is 8.14. The Kier molecular flexibility index (Phi) is 5.69. The number of nitrogens with zero attached hydrogens (tertiary/aromatic N) is 2. The van der Waals surface area contributed by atoms with Crippen molar-refractivity contribution in [1.82, 2.24) is 9.38 Å². The van der Waals surface area contributed by atoms with Crippen LogP contribution in [0.3, 0.4) is 0 Å². The van der Waals surface area contributed by atoms with Gasteiger partial charge in [0.1, 0.15) is 5.69 Å². The van der Waals surface area contributed by atoms with Crippen LogP contribution in [-0.4, -0.2) is 34.5 Å². The predicted molar refractivity (Wildman–Crippen MR) is 89.0 cm³/mol. The number of aryl methyl sites for hydroxylation is 1. The summed E-state index contributed by atoms with van der Waals surface area (Å²) in [6, 6.07) is 0. The molecule has 0 fully saturated rings. The summed E-state index contributed by atoms with van der Waals surface area (Å²) in [5.41, 5.74) is -0.0438. The Morgan fingerprint density at radius 3 is 2.50 bits per heavy atom. The zero-order valence-electron chi connectivity index (χ0n) is 13.5. The molecular weight excluding hydrogens is 334 g/mol. The highest BCUT2D eigenvalue weighted by atomic mass is 32.1. The summed E-state index contributed by atoms with van der Waals surface area (Å²) < 4.78 is 11.0. The van der Waals surface area contributed by atoms with Crippen LogP contribution < -0.4 is 10.9 Å². The summed E-state index contributed by atoms with van der Waals surface area (Å²) >= 11 is 1.33. The van der Waals surface area contributed by atoms with Crippen LogP contribution in [0.2, 0.25) is 0 Å². The summed E-state index contributed by atoms with van der Waals surface area (Å²) in [6.45, 7) is 5.13. The third kappa shape index (κ3) is 3.62. The molecule has 0 unspecified atom stereocenters. The summed E-state index contributed by atoms with van der Waals surface area (Å²) in [5, 5.41) is 4.43. The van der Waals surface area contributed by atoms with Crippen molar-refractivity contribution >= 4 is 33.9 Å². The molecule has 0 saturated carbocycles. The van der Waals surface area contributed by atoms with E-state index < -0.39 is 11.9 Å². The zero-order chi connectivity index (χ0) is 17.7. The first kappa shape index (κ1) is 17.7. The van der Waals surface area contributed by atoms with Crippen LogP contribution >= 0.6 is 11.3 Å². The van der Waals surface area contributed by atoms with Crippen LogP contribution in [0, 0.1) is 6.92 Å². The van der Waals surface area contributed by atoms with Crippen molar-refractivity contribution < 1.29 is 19.1 Å². The van der Waals surface area contributed by atoms with E-state index in [0.29, 0.717) is 10.7 Å². The van der Waals surface area contributed by atoms with Crippen LogP contribution in [-0.2, 0) is 19.1 Å². The van der Waals surface area contributed by atoms with Gasteiger partial charge in [0.15, 0.2) is 10.5 Å². The number of aromatic nitrogens is 2. The Morgan fingerprint density at radius 1 is 1.29 bits per heavy atom. The minimum Gasteiger partial charge on any atom is -0.462 e. The number of rotatable bonds is 6. The third-order valence-electron chi connectivity index (χ3n) is 3.00. The summed E-state index contributed by atoms with van der Waals surface area (Å²) in [7, 11) is 0. The second-order valence-electron chi connectivity index (χ2n) is 4.58. The fourth-order valence-corrected chi connectivity index (χ4v) is 2.66. The number of hydrogen-bond acceptors (Lipinski definition) is 8. The largest absolute Gasteiger partial charge is 0.462 e. The lowest BCUT2D eigenvalue weighted by atomic mass is 10.3. The molecule has 0 spiro atoms. The van der Waals surface area contributed by atoms with E-state index in [9.17, 15) is 14.4 Å². The van der Waals surface area contributed by atoms with E-state index in [1.54, 1.807) is 32.3 Å². The van der Waals surface area contributed by atoms with Gasteiger partial charge in [-0.05, 0) is 20.8 Å². The lowest BCUT2D eigenvalue weighted by Crippen LogP contribution is -2.22. The minimum absolute atomic E-state index is 0.111. The first-order chi connectivity index (χ1) is 11.5. The molecule has 9 heteroatoms. The van der Waals surface area contributed by atoms with Crippen LogP contribution in [0.1, 0.15) is 19.5 Å². The lowest BCUT2D eigenvalue weighted by Gasteiger charge is -2.08. The van der Waals surface area contributed by atoms with E-state index in [1.165, 1.54) is 15.7 Å². The number of ether oxygens (including phenoxy) is 2. The quantitative estimate of drug-likeness (QED) is 0.364. The molecule has 8 nitrogen and oxygen atoms in total. The van der Waals surface area contributed by atoms with Gasteiger partial charge in [0.2, 0.25) is 0 Å². The highest BCUT2D eigenvalue weighted by molar-refractivity contribution is 7.15. The molecule has 0 amide bonds. The van der Waals surface area contributed by atoms with Crippen LogP contribution in [0.4, 0.5) is 5.69 Å². The van der Waals surface area contributed by atoms with Crippen molar-refractivity contribution in [2.75, 3.05) is 18.5 Å². The van der Waals surface area contributed by atoms with Gasteiger partial charge in [0, 0.05) is 17.8 Å². The van der Waals surface area contributed by atoms with Crippen molar-refractivity contribution in [1.29, 1.82) is 0 Å². The Hall–Kier alpha value is -2.68. The maximum Gasteiger partial charge on any atom is 0.347 e. The minimum atomic E-state index is -0.828. The van der Waals surface area contributed by atoms with Crippen LogP contribution in [0.15, 0.2) is 28.1 Å². The molecule has 0 aliphatic carbocycles. The number of esters is 2. The number of fused-ring (bicyclic) bond motifs is 1. The molecule has 1 N–H and O–H groups in total. The van der Waals surface area contributed by atoms with Gasteiger partial charge in [-0.1, -0.05) is 0 Å². The van der Waals surface area contributed by atoms with Gasteiger partial charge in [0.05, 0.1) is 18.9 Å². The highest BCUT2D eigenvalue weighted by Crippen LogP contribution is 2.13. The average molecular weight is 351 g/mol. The average Bonchev–Trinajstić information content (AvgIpc) is 2.99.